The smallest absolute Gasteiger partial charge is 0.269 e. The summed E-state index contributed by atoms with van der Waals surface area (Å²) in [5.74, 6) is 0.185. The first kappa shape index (κ1) is 30.8. The van der Waals surface area contributed by atoms with Crippen LogP contribution in [-0.2, 0) is 4.79 Å². The number of benzene rings is 4. The number of anilines is 3. The second kappa shape index (κ2) is 14.2. The van der Waals surface area contributed by atoms with Crippen molar-refractivity contribution in [3.05, 3.63) is 130 Å². The molecule has 4 aromatic carbocycles. The van der Waals surface area contributed by atoms with Crippen LogP contribution in [0.25, 0.3) is 6.08 Å². The van der Waals surface area contributed by atoms with Crippen molar-refractivity contribution in [3.63, 3.8) is 0 Å². The van der Waals surface area contributed by atoms with Crippen LogP contribution in [0, 0.1) is 10.1 Å². The van der Waals surface area contributed by atoms with Crippen molar-refractivity contribution >= 4 is 40.6 Å². The third kappa shape index (κ3) is 7.66. The number of piperazine rings is 1. The van der Waals surface area contributed by atoms with E-state index in [1.54, 1.807) is 37.5 Å². The minimum absolute atomic E-state index is 0.0229. The summed E-state index contributed by atoms with van der Waals surface area (Å²) in [6, 6.07) is 28.7. The lowest BCUT2D eigenvalue weighted by Crippen LogP contribution is -2.47. The topological polar surface area (TPSA) is 117 Å². The van der Waals surface area contributed by atoms with Crippen LogP contribution in [0.1, 0.15) is 34.5 Å². The second-order valence-electron chi connectivity index (χ2n) is 10.7. The molecule has 2 N–H and O–H groups in total. The fraction of sp³-hybridized carbons (Fsp3) is 0.200. The number of nitro benzene ring substituents is 1. The van der Waals surface area contributed by atoms with E-state index in [1.807, 2.05) is 67.6 Å². The van der Waals surface area contributed by atoms with E-state index < -0.39 is 10.8 Å². The molecule has 1 atom stereocenters. The molecule has 45 heavy (non-hydrogen) atoms. The summed E-state index contributed by atoms with van der Waals surface area (Å²) in [4.78, 5) is 41.4. The average Bonchev–Trinajstić information content (AvgIpc) is 3.08. The molecule has 5 rings (SSSR count). The van der Waals surface area contributed by atoms with E-state index in [0.717, 1.165) is 35.8 Å². The molecular formula is C35H35N5O5. The number of rotatable bonds is 10. The molecule has 0 bridgehead atoms. The standard InChI is InChI=1S/C35H35N5O5/c1-25(27-8-4-3-5-9-27)36-35(42)30-24-28(37-34(41)19-14-26-12-16-29(17-13-26)40(43)44)15-18-31(30)38-20-22-39(23-21-38)32-10-6-7-11-33(32)45-2/h3-19,24-25H,20-23H2,1-2H3,(H,36,42)(H,37,41). The molecule has 1 aliphatic heterocycles. The number of methoxy groups -OCH3 is 1. The van der Waals surface area contributed by atoms with E-state index in [9.17, 15) is 19.7 Å². The summed E-state index contributed by atoms with van der Waals surface area (Å²) >= 11 is 0. The van der Waals surface area contributed by atoms with Crippen LogP contribution in [0.4, 0.5) is 22.7 Å². The Kier molecular flexibility index (Phi) is 9.74. The van der Waals surface area contributed by atoms with E-state index in [2.05, 4.69) is 20.4 Å². The van der Waals surface area contributed by atoms with Crippen molar-refractivity contribution in [1.29, 1.82) is 0 Å². The van der Waals surface area contributed by atoms with Crippen LogP contribution in [0.15, 0.2) is 103 Å². The first-order valence-electron chi connectivity index (χ1n) is 14.7. The number of carbonyl (C=O) groups is 2. The molecule has 0 spiro atoms. The summed E-state index contributed by atoms with van der Waals surface area (Å²) < 4.78 is 5.56. The highest BCUT2D eigenvalue weighted by atomic mass is 16.6. The molecule has 2 amide bonds. The van der Waals surface area contributed by atoms with Crippen LogP contribution < -0.4 is 25.2 Å². The maximum Gasteiger partial charge on any atom is 0.269 e. The Balaban J connectivity index is 1.34. The second-order valence-corrected chi connectivity index (χ2v) is 10.7. The highest BCUT2D eigenvalue weighted by Gasteiger charge is 2.24. The molecule has 1 heterocycles. The SMILES string of the molecule is COc1ccccc1N1CCN(c2ccc(NC(=O)C=Cc3ccc([N+](=O)[O-])cc3)cc2C(=O)NC(C)c2ccccc2)CC1. The fourth-order valence-corrected chi connectivity index (χ4v) is 5.31. The molecule has 10 nitrogen and oxygen atoms in total. The van der Waals surface area contributed by atoms with Gasteiger partial charge in [-0.3, -0.25) is 19.7 Å². The van der Waals surface area contributed by atoms with Gasteiger partial charge in [-0.25, -0.2) is 0 Å². The van der Waals surface area contributed by atoms with Gasteiger partial charge in [-0.05, 0) is 66.6 Å². The minimum Gasteiger partial charge on any atom is -0.495 e. The number of nitrogens with zero attached hydrogens (tertiary/aromatic N) is 3. The zero-order valence-electron chi connectivity index (χ0n) is 25.2. The van der Waals surface area contributed by atoms with Gasteiger partial charge in [0.05, 0.1) is 29.3 Å². The number of hydrogen-bond donors (Lipinski definition) is 2. The molecule has 1 unspecified atom stereocenters. The number of nitro groups is 1. The molecule has 1 saturated heterocycles. The first-order chi connectivity index (χ1) is 21.8. The fourth-order valence-electron chi connectivity index (χ4n) is 5.31. The number of ether oxygens (including phenoxy) is 1. The summed E-state index contributed by atoms with van der Waals surface area (Å²) in [6.45, 7) is 4.81. The highest BCUT2D eigenvalue weighted by Crippen LogP contribution is 2.31. The molecule has 0 aliphatic carbocycles. The van der Waals surface area contributed by atoms with Gasteiger partial charge in [-0.2, -0.15) is 0 Å². The number of hydrogen-bond acceptors (Lipinski definition) is 7. The molecule has 1 aliphatic rings. The molecule has 0 aromatic heterocycles. The van der Waals surface area contributed by atoms with Crippen molar-refractivity contribution < 1.29 is 19.2 Å². The molecule has 4 aromatic rings. The largest absolute Gasteiger partial charge is 0.495 e. The lowest BCUT2D eigenvalue weighted by Gasteiger charge is -2.38. The molecular weight excluding hydrogens is 570 g/mol. The third-order valence-corrected chi connectivity index (χ3v) is 7.73. The van der Waals surface area contributed by atoms with E-state index >= 15 is 0 Å². The summed E-state index contributed by atoms with van der Waals surface area (Å²) in [7, 11) is 1.67. The van der Waals surface area contributed by atoms with Crippen LogP contribution in [0.2, 0.25) is 0 Å². The van der Waals surface area contributed by atoms with Crippen LogP contribution in [-0.4, -0.2) is 50.0 Å². The minimum atomic E-state index is -0.474. The molecule has 0 saturated carbocycles. The summed E-state index contributed by atoms with van der Waals surface area (Å²) in [6.07, 6.45) is 2.92. The number of nitrogens with one attached hydrogen (secondary N) is 2. The van der Waals surface area contributed by atoms with Gasteiger partial charge in [0.15, 0.2) is 0 Å². The van der Waals surface area contributed by atoms with Gasteiger partial charge in [0.25, 0.3) is 11.6 Å². The molecule has 0 radical (unpaired) electrons. The maximum atomic E-state index is 13.7. The number of amides is 2. The highest BCUT2D eigenvalue weighted by molar-refractivity contribution is 6.05. The summed E-state index contributed by atoms with van der Waals surface area (Å²) in [5, 5.41) is 16.8. The van der Waals surface area contributed by atoms with Crippen molar-refractivity contribution in [1.82, 2.24) is 5.32 Å². The zero-order valence-corrected chi connectivity index (χ0v) is 25.2. The van der Waals surface area contributed by atoms with E-state index in [1.165, 1.54) is 18.2 Å². The molecule has 1 fully saturated rings. The van der Waals surface area contributed by atoms with Gasteiger partial charge in [-0.15, -0.1) is 0 Å². The average molecular weight is 606 g/mol. The van der Waals surface area contributed by atoms with Gasteiger partial charge >= 0.3 is 0 Å². The Morgan fingerprint density at radius 3 is 2.18 bits per heavy atom. The lowest BCUT2D eigenvalue weighted by molar-refractivity contribution is -0.384. The normalized spacial score (nSPS) is 13.7. The number of carbonyl (C=O) groups excluding carboxylic acids is 2. The predicted molar refractivity (Wildman–Crippen MR) is 177 cm³/mol. The van der Waals surface area contributed by atoms with Gasteiger partial charge < -0.3 is 25.2 Å². The van der Waals surface area contributed by atoms with Gasteiger partial charge in [-0.1, -0.05) is 42.5 Å². The van der Waals surface area contributed by atoms with E-state index in [-0.39, 0.29) is 17.6 Å². The van der Waals surface area contributed by atoms with Crippen LogP contribution in [0.5, 0.6) is 5.75 Å². The van der Waals surface area contributed by atoms with Gasteiger partial charge in [0.2, 0.25) is 5.91 Å². The van der Waals surface area contributed by atoms with Gasteiger partial charge in [0, 0.05) is 55.8 Å². The van der Waals surface area contributed by atoms with Crippen molar-refractivity contribution in [2.45, 2.75) is 13.0 Å². The Hall–Kier alpha value is -5.64. The molecule has 10 heteroatoms. The molecule has 230 valence electrons. The van der Waals surface area contributed by atoms with Crippen LogP contribution >= 0.6 is 0 Å². The van der Waals surface area contributed by atoms with Crippen molar-refractivity contribution in [2.75, 3.05) is 48.4 Å². The van der Waals surface area contributed by atoms with Crippen molar-refractivity contribution in [2.24, 2.45) is 0 Å². The van der Waals surface area contributed by atoms with Crippen molar-refractivity contribution in [3.8, 4) is 5.75 Å². The van der Waals surface area contributed by atoms with Gasteiger partial charge in [0.1, 0.15) is 5.75 Å². The number of para-hydroxylation sites is 2. The third-order valence-electron chi connectivity index (χ3n) is 7.73. The lowest BCUT2D eigenvalue weighted by atomic mass is 10.1. The number of non-ortho nitro benzene ring substituents is 1. The maximum absolute atomic E-state index is 13.7. The van der Waals surface area contributed by atoms with Crippen LogP contribution in [0.3, 0.4) is 0 Å². The Bertz CT molecular complexity index is 1680. The predicted octanol–water partition coefficient (Wildman–Crippen LogP) is 6.07. The first-order valence-corrected chi connectivity index (χ1v) is 14.7. The monoisotopic (exact) mass is 605 g/mol. The Morgan fingerprint density at radius 1 is 0.867 bits per heavy atom. The Labute approximate surface area is 262 Å². The van der Waals surface area contributed by atoms with E-state index in [4.69, 9.17) is 4.74 Å². The quantitative estimate of drug-likeness (QED) is 0.128. The summed E-state index contributed by atoms with van der Waals surface area (Å²) in [5.41, 5.74) is 4.36. The van der Waals surface area contributed by atoms with E-state index in [0.29, 0.717) is 29.9 Å². The zero-order chi connectivity index (χ0) is 31.8. The Morgan fingerprint density at radius 2 is 1.51 bits per heavy atom.